The molecule has 1 spiro atoms. The monoisotopic (exact) mass is 909 g/mol. The van der Waals surface area contributed by atoms with Crippen molar-refractivity contribution in [1.82, 2.24) is 15.0 Å². The number of aromatic nitrogens is 3. The molecular formula is C49H63N5O10Si. The Balaban J connectivity index is 1.27. The largest absolute Gasteiger partial charge is 0.497 e. The molecule has 10 atom stereocenters. The van der Waals surface area contributed by atoms with Crippen LogP contribution in [0.3, 0.4) is 0 Å². The first-order valence-corrected chi connectivity index (χ1v) is 25.4. The summed E-state index contributed by atoms with van der Waals surface area (Å²) in [6.45, 7) is 13.5. The molecule has 3 aromatic carbocycles. The van der Waals surface area contributed by atoms with Crippen molar-refractivity contribution in [3.8, 4) is 5.75 Å². The molecule has 1 aromatic heterocycles. The van der Waals surface area contributed by atoms with E-state index in [2.05, 4.69) is 80.7 Å². The molecule has 2 fully saturated rings. The molecule has 65 heavy (non-hydrogen) atoms. The van der Waals surface area contributed by atoms with Gasteiger partial charge in [-0.15, -0.1) is 5.10 Å². The molecule has 7 rings (SSSR count). The molecule has 0 aliphatic carbocycles. The number of methoxy groups -OCH3 is 1. The van der Waals surface area contributed by atoms with Gasteiger partial charge in [-0.3, -0.25) is 14.3 Å². The van der Waals surface area contributed by atoms with Crippen LogP contribution in [0.1, 0.15) is 69.7 Å². The number of ether oxygens (including phenoxy) is 3. The van der Waals surface area contributed by atoms with Crippen LogP contribution in [0.5, 0.6) is 5.75 Å². The Hall–Kier alpha value is -5.04. The average molecular weight is 910 g/mol. The van der Waals surface area contributed by atoms with E-state index >= 15 is 4.79 Å². The number of benzene rings is 3. The minimum atomic E-state index is -2.55. The summed E-state index contributed by atoms with van der Waals surface area (Å²) >= 11 is 0. The Morgan fingerprint density at radius 1 is 0.985 bits per heavy atom. The molecule has 1 unspecified atom stereocenters. The van der Waals surface area contributed by atoms with Gasteiger partial charge in [0, 0.05) is 36.5 Å². The number of hydrogen-bond donors (Lipinski definition) is 6. The highest BCUT2D eigenvalue weighted by Crippen LogP contribution is 2.60. The number of anilines is 2. The van der Waals surface area contributed by atoms with E-state index in [1.165, 1.54) is 5.57 Å². The smallest absolute Gasteiger partial charge is 0.264 e. The minimum absolute atomic E-state index is 0.120. The zero-order valence-electron chi connectivity index (χ0n) is 38.2. The van der Waals surface area contributed by atoms with Gasteiger partial charge in [-0.1, -0.05) is 96.2 Å². The number of aliphatic hydroxyl groups excluding tert-OH is 5. The maximum atomic E-state index is 15.5. The van der Waals surface area contributed by atoms with E-state index in [9.17, 15) is 30.3 Å². The Morgan fingerprint density at radius 3 is 2.38 bits per heavy atom. The Morgan fingerprint density at radius 2 is 1.71 bits per heavy atom. The second kappa shape index (κ2) is 19.8. The van der Waals surface area contributed by atoms with E-state index in [1.807, 2.05) is 48.7 Å². The Labute approximate surface area is 381 Å². The molecule has 0 radical (unpaired) electrons. The molecule has 4 heterocycles. The van der Waals surface area contributed by atoms with Crippen molar-refractivity contribution in [2.24, 2.45) is 5.92 Å². The molecule has 3 aliphatic rings. The summed E-state index contributed by atoms with van der Waals surface area (Å²) in [5.41, 5.74) is 3.83. The molecule has 15 nitrogen and oxygen atoms in total. The SMILES string of the molecule is COc1ccc([Si](C)(C)[C@H]2[C@H](CCn3cc(C(CO)c4ccccc4)nn3)O[C@@]3(C(=O)N(C/C=C(\C)CCC=C(C)C)c4ccc(NC(=O)[C@H]5O[C@@H](O)[C@H](O)[C@@H](O)[C@@H]5O)cc43)[C@@H]2C)cc1. The summed E-state index contributed by atoms with van der Waals surface area (Å²) in [5.74, 6) is -1.06. The number of aryl methyl sites for hydroxylation is 1. The lowest BCUT2D eigenvalue weighted by Crippen LogP contribution is -2.60. The molecule has 348 valence electrons. The van der Waals surface area contributed by atoms with E-state index in [0.717, 1.165) is 34.9 Å². The summed E-state index contributed by atoms with van der Waals surface area (Å²) in [7, 11) is -0.920. The van der Waals surface area contributed by atoms with Crippen LogP contribution in [0.15, 0.2) is 102 Å². The number of carbonyl (C=O) groups excluding carboxylic acids is 2. The van der Waals surface area contributed by atoms with Crippen molar-refractivity contribution in [1.29, 1.82) is 0 Å². The van der Waals surface area contributed by atoms with Gasteiger partial charge < -0.3 is 50.0 Å². The predicted octanol–water partition coefficient (Wildman–Crippen LogP) is 4.49. The topological polar surface area (TPSA) is 209 Å². The predicted molar refractivity (Wildman–Crippen MR) is 248 cm³/mol. The van der Waals surface area contributed by atoms with Crippen LogP contribution in [0.2, 0.25) is 18.6 Å². The van der Waals surface area contributed by atoms with Crippen LogP contribution >= 0.6 is 0 Å². The summed E-state index contributed by atoms with van der Waals surface area (Å²) in [6, 6.07) is 23.0. The van der Waals surface area contributed by atoms with Gasteiger partial charge in [-0.2, -0.15) is 0 Å². The number of fused-ring (bicyclic) bond motifs is 2. The molecule has 2 saturated heterocycles. The number of aliphatic hydroxyl groups is 5. The summed E-state index contributed by atoms with van der Waals surface area (Å²) in [5, 5.41) is 64.4. The van der Waals surface area contributed by atoms with E-state index < -0.39 is 56.4 Å². The number of nitrogens with one attached hydrogen (secondary N) is 1. The van der Waals surface area contributed by atoms with Crippen LogP contribution < -0.4 is 20.1 Å². The molecule has 4 aromatic rings. The standard InChI is InChI=1S/C49H63N5O10Si/c1-29(2)12-11-13-30(3)22-25-54-39-21-16-33(50-46(59)44-42(57)41(56)43(58)47(60)63-44)26-37(39)49(48(54)61)31(4)45(65(6,7)35-19-17-34(62-5)18-20-35)40(64-49)23-24-53-27-38(51-52-53)36(28-55)32-14-9-8-10-15-32/h8-10,12,14-22,26-27,31,36,40-45,47,55-58,60H,11,13,23-25,28H2,1-7H3,(H,50,59)/b30-22+/t31-,36?,40+,41+,42+,43-,44+,45-,47-,49+/m1/s1. The molecule has 0 bridgehead atoms. The van der Waals surface area contributed by atoms with Gasteiger partial charge in [0.05, 0.1) is 45.2 Å². The average Bonchev–Trinajstić information content (AvgIpc) is 3.95. The maximum absolute atomic E-state index is 15.5. The first kappa shape index (κ1) is 47.9. The van der Waals surface area contributed by atoms with Gasteiger partial charge >= 0.3 is 0 Å². The third kappa shape index (κ3) is 9.49. The number of amides is 2. The van der Waals surface area contributed by atoms with Crippen molar-refractivity contribution in [3.63, 3.8) is 0 Å². The molecule has 3 aliphatic heterocycles. The first-order valence-electron chi connectivity index (χ1n) is 22.3. The summed E-state index contributed by atoms with van der Waals surface area (Å²) < 4.78 is 19.9. The fourth-order valence-corrected chi connectivity index (χ4v) is 14.0. The molecule has 16 heteroatoms. The third-order valence-electron chi connectivity index (χ3n) is 13.6. The zero-order chi connectivity index (χ0) is 46.8. The molecular weight excluding hydrogens is 847 g/mol. The van der Waals surface area contributed by atoms with Crippen LogP contribution in [0, 0.1) is 5.92 Å². The second-order valence-electron chi connectivity index (χ2n) is 18.4. The highest BCUT2D eigenvalue weighted by atomic mass is 28.3. The Kier molecular flexibility index (Phi) is 14.6. The highest BCUT2D eigenvalue weighted by Gasteiger charge is 2.66. The van der Waals surface area contributed by atoms with Gasteiger partial charge in [-0.05, 0) is 81.5 Å². The van der Waals surface area contributed by atoms with E-state index in [-0.39, 0.29) is 35.6 Å². The fourth-order valence-electron chi connectivity index (χ4n) is 9.97. The van der Waals surface area contributed by atoms with Gasteiger partial charge in [-0.25, -0.2) is 0 Å². The molecule has 6 N–H and O–H groups in total. The van der Waals surface area contributed by atoms with Crippen LogP contribution in [0.4, 0.5) is 11.4 Å². The van der Waals surface area contributed by atoms with E-state index in [4.69, 9.17) is 14.2 Å². The highest BCUT2D eigenvalue weighted by molar-refractivity contribution is 6.91. The second-order valence-corrected chi connectivity index (χ2v) is 23.1. The van der Waals surface area contributed by atoms with Crippen molar-refractivity contribution < 1.29 is 49.3 Å². The normalized spacial score (nSPS) is 27.2. The number of allylic oxidation sites excluding steroid dienone is 3. The van der Waals surface area contributed by atoms with Crippen LogP contribution in [-0.4, -0.2) is 117 Å². The number of carbonyl (C=O) groups is 2. The van der Waals surface area contributed by atoms with Crippen LogP contribution in [0.25, 0.3) is 0 Å². The number of nitrogens with zero attached hydrogens (tertiary/aromatic N) is 4. The van der Waals surface area contributed by atoms with Gasteiger partial charge in [0.1, 0.15) is 24.1 Å². The molecule has 0 saturated carbocycles. The van der Waals surface area contributed by atoms with Gasteiger partial charge in [0.25, 0.3) is 11.8 Å². The van der Waals surface area contributed by atoms with Crippen molar-refractivity contribution in [2.75, 3.05) is 30.5 Å². The molecule has 2 amide bonds. The van der Waals surface area contributed by atoms with Gasteiger partial charge in [0.2, 0.25) is 0 Å². The summed E-state index contributed by atoms with van der Waals surface area (Å²) in [6.07, 6.45) is -1.19. The van der Waals surface area contributed by atoms with Crippen molar-refractivity contribution in [2.45, 2.75) is 120 Å². The van der Waals surface area contributed by atoms with E-state index in [1.54, 1.807) is 34.9 Å². The van der Waals surface area contributed by atoms with Crippen molar-refractivity contribution in [3.05, 3.63) is 119 Å². The van der Waals surface area contributed by atoms with Gasteiger partial charge in [0.15, 0.2) is 18.0 Å². The zero-order valence-corrected chi connectivity index (χ0v) is 39.2. The van der Waals surface area contributed by atoms with Crippen LogP contribution in [-0.2, 0) is 31.2 Å². The lowest BCUT2D eigenvalue weighted by atomic mass is 9.82. The summed E-state index contributed by atoms with van der Waals surface area (Å²) in [4.78, 5) is 30.9. The lowest BCUT2D eigenvalue weighted by molar-refractivity contribution is -0.274. The Bertz CT molecular complexity index is 2370. The number of hydrogen-bond acceptors (Lipinski definition) is 12. The fraction of sp³-hybridized carbons (Fsp3) is 0.469. The van der Waals surface area contributed by atoms with Crippen molar-refractivity contribution >= 4 is 36.4 Å². The van der Waals surface area contributed by atoms with E-state index in [0.29, 0.717) is 36.5 Å². The third-order valence-corrected chi connectivity index (χ3v) is 18.0. The minimum Gasteiger partial charge on any atom is -0.497 e. The lowest BCUT2D eigenvalue weighted by Gasteiger charge is -2.37. The maximum Gasteiger partial charge on any atom is 0.264 e. The number of rotatable bonds is 16. The first-order chi connectivity index (χ1) is 31.0. The quantitative estimate of drug-likeness (QED) is 0.0679.